The van der Waals surface area contributed by atoms with Gasteiger partial charge in [0.25, 0.3) is 0 Å². The maximum Gasteiger partial charge on any atom is 0.311 e. The molecule has 2 saturated carbocycles. The van der Waals surface area contributed by atoms with E-state index in [4.69, 9.17) is 4.74 Å². The number of nitrogens with zero attached hydrogens (tertiary/aromatic N) is 4. The molecule has 0 saturated heterocycles. The molecule has 1 aromatic heterocycles. The standard InChI is InChI=1S/C14H22N4O3/c1-2-21-11-6-10(7-11)8-12-15-16-17-18(12)9-14(13(19)20)4-3-5-14/h10-11H,2-9H2,1H3,(H,19,20). The van der Waals surface area contributed by atoms with Gasteiger partial charge in [-0.3, -0.25) is 4.79 Å². The fourth-order valence-electron chi connectivity index (χ4n) is 3.29. The predicted octanol–water partition coefficient (Wildman–Crippen LogP) is 1.29. The molecule has 2 aliphatic rings. The first-order valence-corrected chi connectivity index (χ1v) is 7.73. The Morgan fingerprint density at radius 3 is 2.81 bits per heavy atom. The smallest absolute Gasteiger partial charge is 0.311 e. The largest absolute Gasteiger partial charge is 0.481 e. The minimum absolute atomic E-state index is 0.376. The van der Waals surface area contributed by atoms with Gasteiger partial charge in [0.15, 0.2) is 5.82 Å². The van der Waals surface area contributed by atoms with Gasteiger partial charge in [-0.15, -0.1) is 5.10 Å². The van der Waals surface area contributed by atoms with E-state index in [0.717, 1.165) is 51.0 Å². The van der Waals surface area contributed by atoms with Crippen LogP contribution in [0.5, 0.6) is 0 Å². The van der Waals surface area contributed by atoms with Crippen LogP contribution in [0.2, 0.25) is 0 Å². The number of ether oxygens (including phenoxy) is 1. The highest BCUT2D eigenvalue weighted by molar-refractivity contribution is 5.75. The number of rotatable bonds is 7. The molecular weight excluding hydrogens is 272 g/mol. The van der Waals surface area contributed by atoms with Crippen LogP contribution in [0.4, 0.5) is 0 Å². The Hall–Kier alpha value is -1.50. The third kappa shape index (κ3) is 2.79. The number of carboxylic acid groups (broad SMARTS) is 1. The van der Waals surface area contributed by atoms with E-state index < -0.39 is 11.4 Å². The number of aromatic nitrogens is 4. The monoisotopic (exact) mass is 294 g/mol. The summed E-state index contributed by atoms with van der Waals surface area (Å²) in [6, 6.07) is 0. The first-order chi connectivity index (χ1) is 10.1. The number of hydrogen-bond donors (Lipinski definition) is 1. The molecule has 0 aliphatic heterocycles. The SMILES string of the molecule is CCOC1CC(Cc2nnnn2CC2(C(=O)O)CCC2)C1. The Morgan fingerprint density at radius 1 is 1.48 bits per heavy atom. The highest BCUT2D eigenvalue weighted by atomic mass is 16.5. The van der Waals surface area contributed by atoms with Crippen LogP contribution in [0.1, 0.15) is 44.9 Å². The van der Waals surface area contributed by atoms with Gasteiger partial charge in [0.1, 0.15) is 0 Å². The molecule has 7 heteroatoms. The van der Waals surface area contributed by atoms with Gasteiger partial charge >= 0.3 is 5.97 Å². The van der Waals surface area contributed by atoms with Gasteiger partial charge in [-0.1, -0.05) is 6.42 Å². The van der Waals surface area contributed by atoms with Crippen LogP contribution in [0.3, 0.4) is 0 Å². The van der Waals surface area contributed by atoms with Crippen LogP contribution in [0, 0.1) is 11.3 Å². The topological polar surface area (TPSA) is 90.1 Å². The van der Waals surface area contributed by atoms with Crippen LogP contribution in [-0.4, -0.2) is 44.0 Å². The van der Waals surface area contributed by atoms with Crippen molar-refractivity contribution < 1.29 is 14.6 Å². The fraction of sp³-hybridized carbons (Fsp3) is 0.857. The van der Waals surface area contributed by atoms with E-state index in [9.17, 15) is 9.90 Å². The highest BCUT2D eigenvalue weighted by Gasteiger charge is 2.45. The molecule has 1 heterocycles. The molecule has 1 aromatic rings. The molecule has 21 heavy (non-hydrogen) atoms. The van der Waals surface area contributed by atoms with Gasteiger partial charge in [0.2, 0.25) is 0 Å². The van der Waals surface area contributed by atoms with Gasteiger partial charge < -0.3 is 9.84 Å². The second kappa shape index (κ2) is 5.71. The van der Waals surface area contributed by atoms with Crippen molar-refractivity contribution in [1.82, 2.24) is 20.2 Å². The van der Waals surface area contributed by atoms with Crippen LogP contribution in [-0.2, 0) is 22.5 Å². The summed E-state index contributed by atoms with van der Waals surface area (Å²) in [5.41, 5.74) is -0.655. The molecule has 0 atom stereocenters. The summed E-state index contributed by atoms with van der Waals surface area (Å²) in [4.78, 5) is 11.4. The highest BCUT2D eigenvalue weighted by Crippen LogP contribution is 2.42. The van der Waals surface area contributed by atoms with Gasteiger partial charge in [-0.25, -0.2) is 4.68 Å². The van der Waals surface area contributed by atoms with Crippen LogP contribution in [0.15, 0.2) is 0 Å². The quantitative estimate of drug-likeness (QED) is 0.815. The Bertz CT molecular complexity index is 506. The third-order valence-electron chi connectivity index (χ3n) is 4.89. The minimum Gasteiger partial charge on any atom is -0.481 e. The van der Waals surface area contributed by atoms with Gasteiger partial charge in [0, 0.05) is 13.0 Å². The van der Waals surface area contributed by atoms with Crippen molar-refractivity contribution >= 4 is 5.97 Å². The number of aliphatic carboxylic acids is 1. The molecule has 7 nitrogen and oxygen atoms in total. The Kier molecular flexibility index (Phi) is 3.93. The lowest BCUT2D eigenvalue weighted by atomic mass is 9.69. The Balaban J connectivity index is 1.59. The van der Waals surface area contributed by atoms with Crippen molar-refractivity contribution in [3.05, 3.63) is 5.82 Å². The van der Waals surface area contributed by atoms with Gasteiger partial charge in [-0.05, 0) is 49.0 Å². The van der Waals surface area contributed by atoms with E-state index in [2.05, 4.69) is 15.5 Å². The molecule has 0 spiro atoms. The van der Waals surface area contributed by atoms with Crippen molar-refractivity contribution in [3.63, 3.8) is 0 Å². The zero-order chi connectivity index (χ0) is 14.9. The lowest BCUT2D eigenvalue weighted by Gasteiger charge is -2.38. The molecule has 3 rings (SSSR count). The van der Waals surface area contributed by atoms with Crippen LogP contribution in [0.25, 0.3) is 0 Å². The number of carboxylic acids is 1. The fourth-order valence-corrected chi connectivity index (χ4v) is 3.29. The van der Waals surface area contributed by atoms with E-state index in [0.29, 0.717) is 18.6 Å². The molecule has 116 valence electrons. The minimum atomic E-state index is -0.727. The lowest BCUT2D eigenvalue weighted by molar-refractivity contribution is -0.156. The Labute approximate surface area is 123 Å². The zero-order valence-corrected chi connectivity index (χ0v) is 12.4. The normalized spacial score (nSPS) is 26.9. The molecule has 2 fully saturated rings. The molecule has 0 radical (unpaired) electrons. The molecule has 0 amide bonds. The van der Waals surface area contributed by atoms with Crippen LogP contribution >= 0.6 is 0 Å². The van der Waals surface area contributed by atoms with Crippen molar-refractivity contribution in [2.75, 3.05) is 6.61 Å². The van der Waals surface area contributed by atoms with E-state index in [1.807, 2.05) is 6.92 Å². The van der Waals surface area contributed by atoms with Crippen molar-refractivity contribution in [1.29, 1.82) is 0 Å². The van der Waals surface area contributed by atoms with Crippen molar-refractivity contribution in [2.24, 2.45) is 11.3 Å². The van der Waals surface area contributed by atoms with E-state index in [1.54, 1.807) is 4.68 Å². The van der Waals surface area contributed by atoms with Crippen LogP contribution < -0.4 is 0 Å². The predicted molar refractivity (Wildman–Crippen MR) is 73.6 cm³/mol. The second-order valence-corrected chi connectivity index (χ2v) is 6.31. The number of tetrazole rings is 1. The first kappa shape index (κ1) is 14.4. The third-order valence-corrected chi connectivity index (χ3v) is 4.89. The summed E-state index contributed by atoms with van der Waals surface area (Å²) in [6.07, 6.45) is 5.69. The maximum atomic E-state index is 11.4. The maximum absolute atomic E-state index is 11.4. The average Bonchev–Trinajstić information content (AvgIpc) is 2.78. The molecular formula is C14H22N4O3. The second-order valence-electron chi connectivity index (χ2n) is 6.31. The summed E-state index contributed by atoms with van der Waals surface area (Å²) in [6.45, 7) is 3.17. The van der Waals surface area contributed by atoms with Gasteiger partial charge in [0.05, 0.1) is 18.1 Å². The summed E-state index contributed by atoms with van der Waals surface area (Å²) < 4.78 is 7.26. The molecule has 1 N–H and O–H groups in total. The lowest BCUT2D eigenvalue weighted by Crippen LogP contribution is -2.42. The van der Waals surface area contributed by atoms with E-state index >= 15 is 0 Å². The van der Waals surface area contributed by atoms with Crippen molar-refractivity contribution in [3.8, 4) is 0 Å². The van der Waals surface area contributed by atoms with E-state index in [-0.39, 0.29) is 0 Å². The molecule has 0 aromatic carbocycles. The number of hydrogen-bond acceptors (Lipinski definition) is 5. The Morgan fingerprint density at radius 2 is 2.24 bits per heavy atom. The summed E-state index contributed by atoms with van der Waals surface area (Å²) in [7, 11) is 0. The summed E-state index contributed by atoms with van der Waals surface area (Å²) in [5, 5.41) is 21.2. The van der Waals surface area contributed by atoms with E-state index in [1.165, 1.54) is 0 Å². The average molecular weight is 294 g/mol. The molecule has 0 unspecified atom stereocenters. The summed E-state index contributed by atoms with van der Waals surface area (Å²) in [5.74, 6) is 0.631. The van der Waals surface area contributed by atoms with Crippen molar-refractivity contribution in [2.45, 2.75) is 58.1 Å². The molecule has 2 aliphatic carbocycles. The molecule has 0 bridgehead atoms. The van der Waals surface area contributed by atoms with Gasteiger partial charge in [-0.2, -0.15) is 0 Å². The first-order valence-electron chi connectivity index (χ1n) is 7.73. The number of carbonyl (C=O) groups is 1. The zero-order valence-electron chi connectivity index (χ0n) is 12.4. The summed E-state index contributed by atoms with van der Waals surface area (Å²) >= 11 is 0.